The predicted molar refractivity (Wildman–Crippen MR) is 148 cm³/mol. The summed E-state index contributed by atoms with van der Waals surface area (Å²) >= 11 is 0. The van der Waals surface area contributed by atoms with Crippen LogP contribution in [0.1, 0.15) is 50.8 Å². The van der Waals surface area contributed by atoms with Crippen molar-refractivity contribution in [2.75, 3.05) is 26.4 Å². The van der Waals surface area contributed by atoms with Gasteiger partial charge in [0, 0.05) is 5.56 Å². The van der Waals surface area contributed by atoms with Crippen molar-refractivity contribution in [2.24, 2.45) is 0 Å². The van der Waals surface area contributed by atoms with E-state index in [0.29, 0.717) is 67.0 Å². The molecule has 1 saturated heterocycles. The molecule has 208 valence electrons. The van der Waals surface area contributed by atoms with Crippen molar-refractivity contribution in [3.05, 3.63) is 65.3 Å². The van der Waals surface area contributed by atoms with Gasteiger partial charge in [0.1, 0.15) is 5.57 Å². The molecule has 9 nitrogen and oxygen atoms in total. The molecular weight excluding hydrogens is 500 g/mol. The zero-order chi connectivity index (χ0) is 28.4. The van der Waals surface area contributed by atoms with Crippen molar-refractivity contribution in [1.29, 1.82) is 0 Å². The van der Waals surface area contributed by atoms with Crippen molar-refractivity contribution in [1.82, 2.24) is 10.2 Å². The summed E-state index contributed by atoms with van der Waals surface area (Å²) in [6.45, 7) is 13.2. The highest BCUT2D eigenvalue weighted by atomic mass is 16.5. The maximum atomic E-state index is 13.4. The minimum absolute atomic E-state index is 0.0569. The minimum atomic E-state index is -0.791. The van der Waals surface area contributed by atoms with E-state index >= 15 is 0 Å². The number of carbonyl (C=O) groups excluding carboxylic acids is 3. The molecule has 0 aliphatic carbocycles. The Labute approximate surface area is 229 Å². The Kier molecular flexibility index (Phi) is 10.5. The molecule has 1 fully saturated rings. The summed E-state index contributed by atoms with van der Waals surface area (Å²) in [4.78, 5) is 39.8. The van der Waals surface area contributed by atoms with Gasteiger partial charge >= 0.3 is 6.03 Å². The van der Waals surface area contributed by atoms with Crippen LogP contribution < -0.4 is 24.3 Å². The van der Waals surface area contributed by atoms with E-state index in [2.05, 4.69) is 11.9 Å². The number of amides is 4. The molecule has 4 amide bonds. The molecule has 0 bridgehead atoms. The highest BCUT2D eigenvalue weighted by Crippen LogP contribution is 2.35. The second kappa shape index (κ2) is 14.0. The molecule has 0 radical (unpaired) electrons. The fraction of sp³-hybridized carbons (Fsp3) is 0.367. The van der Waals surface area contributed by atoms with E-state index in [9.17, 15) is 14.4 Å². The van der Waals surface area contributed by atoms with Gasteiger partial charge in [0.15, 0.2) is 23.0 Å². The number of benzene rings is 2. The summed E-state index contributed by atoms with van der Waals surface area (Å²) in [6.07, 6.45) is 4.53. The largest absolute Gasteiger partial charge is 0.490 e. The highest BCUT2D eigenvalue weighted by Gasteiger charge is 2.36. The van der Waals surface area contributed by atoms with Crippen molar-refractivity contribution < 1.29 is 33.3 Å². The van der Waals surface area contributed by atoms with Crippen LogP contribution in [0.5, 0.6) is 23.0 Å². The third kappa shape index (κ3) is 7.19. The molecule has 1 aliphatic heterocycles. The molecule has 0 aromatic heterocycles. The Hall–Kier alpha value is -4.27. The summed E-state index contributed by atoms with van der Waals surface area (Å²) in [5, 5.41) is 2.27. The van der Waals surface area contributed by atoms with Crippen LogP contribution in [0.4, 0.5) is 4.79 Å². The molecule has 0 spiro atoms. The standard InChI is InChI=1S/C30H36N2O7/c1-6-11-22-15-21(18-26(37-9-4)27(22)38-10-5)16-23-28(33)31-30(35)32(29(23)34)19-20-12-13-24(39-14-7-2)25(17-20)36-8-3/h6,12-13,15-18H,1,7-11,14,19H2,2-5H3,(H,31,33,35)/b23-16+. The predicted octanol–water partition coefficient (Wildman–Crippen LogP) is 5.06. The Morgan fingerprint density at radius 3 is 2.26 bits per heavy atom. The lowest BCUT2D eigenvalue weighted by molar-refractivity contribution is -0.130. The van der Waals surface area contributed by atoms with Gasteiger partial charge in [-0.3, -0.25) is 19.8 Å². The maximum absolute atomic E-state index is 13.4. The number of nitrogens with zero attached hydrogens (tertiary/aromatic N) is 1. The first-order valence-electron chi connectivity index (χ1n) is 13.2. The number of urea groups is 1. The average molecular weight is 537 g/mol. The van der Waals surface area contributed by atoms with Gasteiger partial charge in [0.05, 0.1) is 33.0 Å². The number of hydrogen-bond donors (Lipinski definition) is 1. The van der Waals surface area contributed by atoms with Crippen LogP contribution >= 0.6 is 0 Å². The van der Waals surface area contributed by atoms with Gasteiger partial charge in [-0.25, -0.2) is 4.79 Å². The molecule has 0 saturated carbocycles. The molecular formula is C30H36N2O7. The van der Waals surface area contributed by atoms with Crippen LogP contribution in [-0.2, 0) is 22.6 Å². The molecule has 1 N–H and O–H groups in total. The smallest absolute Gasteiger partial charge is 0.331 e. The number of barbiturate groups is 1. The van der Waals surface area contributed by atoms with Gasteiger partial charge in [-0.2, -0.15) is 0 Å². The Morgan fingerprint density at radius 1 is 0.872 bits per heavy atom. The van der Waals surface area contributed by atoms with Gasteiger partial charge in [0.2, 0.25) is 0 Å². The van der Waals surface area contributed by atoms with Crippen molar-refractivity contribution in [2.45, 2.75) is 47.1 Å². The number of nitrogens with one attached hydrogen (secondary N) is 1. The Morgan fingerprint density at radius 2 is 1.59 bits per heavy atom. The normalized spacial score (nSPS) is 14.3. The van der Waals surface area contributed by atoms with E-state index in [4.69, 9.17) is 18.9 Å². The number of rotatable bonds is 14. The number of allylic oxidation sites excluding steroid dienone is 1. The minimum Gasteiger partial charge on any atom is -0.490 e. The quantitative estimate of drug-likeness (QED) is 0.204. The number of imide groups is 2. The molecule has 0 atom stereocenters. The summed E-state index contributed by atoms with van der Waals surface area (Å²) in [5.74, 6) is 0.725. The van der Waals surface area contributed by atoms with Gasteiger partial charge in [0.25, 0.3) is 11.8 Å². The summed E-state index contributed by atoms with van der Waals surface area (Å²) in [6, 6.07) is 7.97. The summed E-state index contributed by atoms with van der Waals surface area (Å²) < 4.78 is 23.0. The monoisotopic (exact) mass is 536 g/mol. The number of carbonyl (C=O) groups is 3. The van der Waals surface area contributed by atoms with E-state index in [1.54, 1.807) is 30.3 Å². The van der Waals surface area contributed by atoms with Gasteiger partial charge < -0.3 is 18.9 Å². The van der Waals surface area contributed by atoms with E-state index in [-0.39, 0.29) is 12.1 Å². The van der Waals surface area contributed by atoms with Crippen LogP contribution in [-0.4, -0.2) is 49.2 Å². The first-order valence-corrected chi connectivity index (χ1v) is 13.2. The summed E-state index contributed by atoms with van der Waals surface area (Å²) in [5.41, 5.74) is 1.84. The molecule has 9 heteroatoms. The Balaban J connectivity index is 1.96. The lowest BCUT2D eigenvalue weighted by Crippen LogP contribution is -2.53. The van der Waals surface area contributed by atoms with Gasteiger partial charge in [-0.05, 0) is 75.1 Å². The zero-order valence-corrected chi connectivity index (χ0v) is 23.0. The lowest BCUT2D eigenvalue weighted by Gasteiger charge is -2.27. The fourth-order valence-corrected chi connectivity index (χ4v) is 4.08. The van der Waals surface area contributed by atoms with Crippen LogP contribution in [0.15, 0.2) is 48.6 Å². The SMILES string of the molecule is C=CCc1cc(/C=C2\C(=O)NC(=O)N(Cc3ccc(OCCC)c(OCC)c3)C2=O)cc(OCC)c1OCC. The van der Waals surface area contributed by atoms with Crippen molar-refractivity contribution >= 4 is 23.9 Å². The molecule has 0 unspecified atom stereocenters. The Bertz CT molecular complexity index is 1250. The number of hydrogen-bond acceptors (Lipinski definition) is 7. The van der Waals surface area contributed by atoms with Gasteiger partial charge in [-0.1, -0.05) is 19.1 Å². The highest BCUT2D eigenvalue weighted by molar-refractivity contribution is 6.31. The second-order valence-electron chi connectivity index (χ2n) is 8.64. The van der Waals surface area contributed by atoms with Crippen molar-refractivity contribution in [3.63, 3.8) is 0 Å². The first-order chi connectivity index (χ1) is 18.9. The fourth-order valence-electron chi connectivity index (χ4n) is 4.08. The van der Waals surface area contributed by atoms with Crippen LogP contribution in [0.25, 0.3) is 6.08 Å². The first kappa shape index (κ1) is 29.3. The second-order valence-corrected chi connectivity index (χ2v) is 8.64. The van der Waals surface area contributed by atoms with Crippen LogP contribution in [0.2, 0.25) is 0 Å². The molecule has 39 heavy (non-hydrogen) atoms. The van der Waals surface area contributed by atoms with Crippen molar-refractivity contribution in [3.8, 4) is 23.0 Å². The molecule has 1 aliphatic rings. The van der Waals surface area contributed by atoms with Crippen LogP contribution in [0.3, 0.4) is 0 Å². The van der Waals surface area contributed by atoms with E-state index in [0.717, 1.165) is 16.9 Å². The molecule has 3 rings (SSSR count). The number of ether oxygens (including phenoxy) is 4. The average Bonchev–Trinajstić information content (AvgIpc) is 2.91. The van der Waals surface area contributed by atoms with E-state index < -0.39 is 17.8 Å². The third-order valence-electron chi connectivity index (χ3n) is 5.71. The lowest BCUT2D eigenvalue weighted by atomic mass is 10.0. The molecule has 1 heterocycles. The molecule has 2 aromatic carbocycles. The third-order valence-corrected chi connectivity index (χ3v) is 5.71. The maximum Gasteiger partial charge on any atom is 0.331 e. The molecule has 2 aromatic rings. The zero-order valence-electron chi connectivity index (χ0n) is 23.0. The van der Waals surface area contributed by atoms with Crippen LogP contribution in [0, 0.1) is 0 Å². The van der Waals surface area contributed by atoms with Gasteiger partial charge in [-0.15, -0.1) is 6.58 Å². The topological polar surface area (TPSA) is 103 Å². The van der Waals surface area contributed by atoms with E-state index in [1.807, 2.05) is 33.8 Å². The summed E-state index contributed by atoms with van der Waals surface area (Å²) in [7, 11) is 0. The van der Waals surface area contributed by atoms with E-state index in [1.165, 1.54) is 6.08 Å².